The van der Waals surface area contributed by atoms with Crippen molar-refractivity contribution in [3.05, 3.63) is 18.1 Å². The third kappa shape index (κ3) is 3.07. The Kier molecular flexibility index (Phi) is 4.18. The molecule has 0 radical (unpaired) electrons. The SMILES string of the molecule is CN(C)C1CCN(c2cncc(CCl)n2)CC1. The van der Waals surface area contributed by atoms with Gasteiger partial charge in [0.25, 0.3) is 0 Å². The Labute approximate surface area is 108 Å². The normalized spacial score (nSPS) is 17.8. The minimum absolute atomic E-state index is 0.426. The number of hydrogen-bond acceptors (Lipinski definition) is 4. The van der Waals surface area contributed by atoms with E-state index in [4.69, 9.17) is 11.6 Å². The third-order valence-electron chi connectivity index (χ3n) is 3.33. The van der Waals surface area contributed by atoms with E-state index in [0.29, 0.717) is 11.9 Å². The number of nitrogens with zero attached hydrogens (tertiary/aromatic N) is 4. The van der Waals surface area contributed by atoms with Crippen LogP contribution in [0, 0.1) is 0 Å². The molecular weight excluding hydrogens is 236 g/mol. The fourth-order valence-corrected chi connectivity index (χ4v) is 2.35. The minimum atomic E-state index is 0.426. The van der Waals surface area contributed by atoms with E-state index >= 15 is 0 Å². The standard InChI is InChI=1S/C12H19ClN4/c1-16(2)11-3-5-17(6-4-11)12-9-14-8-10(7-13)15-12/h8-9,11H,3-7H2,1-2H3. The molecule has 1 aromatic heterocycles. The highest BCUT2D eigenvalue weighted by Gasteiger charge is 2.21. The summed E-state index contributed by atoms with van der Waals surface area (Å²) in [6.45, 7) is 2.09. The van der Waals surface area contributed by atoms with Crippen LogP contribution in [0.25, 0.3) is 0 Å². The van der Waals surface area contributed by atoms with Crippen LogP contribution in [0.15, 0.2) is 12.4 Å². The van der Waals surface area contributed by atoms with Gasteiger partial charge < -0.3 is 9.80 Å². The summed E-state index contributed by atoms with van der Waals surface area (Å²) in [5, 5.41) is 0. The Morgan fingerprint density at radius 3 is 2.65 bits per heavy atom. The molecule has 0 spiro atoms. The van der Waals surface area contributed by atoms with Gasteiger partial charge in [-0.05, 0) is 26.9 Å². The van der Waals surface area contributed by atoms with E-state index in [-0.39, 0.29) is 0 Å². The molecule has 2 heterocycles. The van der Waals surface area contributed by atoms with E-state index in [9.17, 15) is 0 Å². The van der Waals surface area contributed by atoms with E-state index in [0.717, 1.165) is 24.6 Å². The summed E-state index contributed by atoms with van der Waals surface area (Å²) in [7, 11) is 4.29. The number of rotatable bonds is 3. The van der Waals surface area contributed by atoms with Crippen LogP contribution in [0.4, 0.5) is 5.82 Å². The molecular formula is C12H19ClN4. The molecule has 0 bridgehead atoms. The lowest BCUT2D eigenvalue weighted by molar-refractivity contribution is 0.249. The van der Waals surface area contributed by atoms with Gasteiger partial charge in [0.2, 0.25) is 0 Å². The van der Waals surface area contributed by atoms with Crippen LogP contribution in [-0.2, 0) is 5.88 Å². The Balaban J connectivity index is 2.00. The van der Waals surface area contributed by atoms with E-state index < -0.39 is 0 Å². The number of halogens is 1. The lowest BCUT2D eigenvalue weighted by Gasteiger charge is -2.35. The van der Waals surface area contributed by atoms with E-state index in [1.54, 1.807) is 6.20 Å². The lowest BCUT2D eigenvalue weighted by atomic mass is 10.0. The van der Waals surface area contributed by atoms with Crippen LogP contribution in [0.2, 0.25) is 0 Å². The molecule has 17 heavy (non-hydrogen) atoms. The number of anilines is 1. The van der Waals surface area contributed by atoms with Gasteiger partial charge in [-0.15, -0.1) is 11.6 Å². The zero-order chi connectivity index (χ0) is 12.3. The summed E-state index contributed by atoms with van der Waals surface area (Å²) in [5.74, 6) is 1.38. The molecule has 4 nitrogen and oxygen atoms in total. The largest absolute Gasteiger partial charge is 0.355 e. The van der Waals surface area contributed by atoms with Crippen LogP contribution in [0.1, 0.15) is 18.5 Å². The maximum Gasteiger partial charge on any atom is 0.147 e. The predicted octanol–water partition coefficient (Wildman–Crippen LogP) is 1.75. The van der Waals surface area contributed by atoms with Gasteiger partial charge in [0.15, 0.2) is 0 Å². The predicted molar refractivity (Wildman–Crippen MR) is 70.5 cm³/mol. The minimum Gasteiger partial charge on any atom is -0.355 e. The molecule has 94 valence electrons. The van der Waals surface area contributed by atoms with Crippen molar-refractivity contribution in [3.8, 4) is 0 Å². The topological polar surface area (TPSA) is 32.3 Å². The quantitative estimate of drug-likeness (QED) is 0.770. The highest BCUT2D eigenvalue weighted by molar-refractivity contribution is 6.16. The van der Waals surface area contributed by atoms with Crippen molar-refractivity contribution >= 4 is 17.4 Å². The lowest BCUT2D eigenvalue weighted by Crippen LogP contribution is -2.42. The number of piperidine rings is 1. The Hall–Kier alpha value is -0.870. The Morgan fingerprint density at radius 2 is 2.06 bits per heavy atom. The zero-order valence-electron chi connectivity index (χ0n) is 10.4. The molecule has 5 heteroatoms. The average molecular weight is 255 g/mol. The van der Waals surface area contributed by atoms with Crippen molar-refractivity contribution in [1.29, 1.82) is 0 Å². The average Bonchev–Trinajstić information content (AvgIpc) is 2.39. The fraction of sp³-hybridized carbons (Fsp3) is 0.667. The summed E-state index contributed by atoms with van der Waals surface area (Å²) in [5.41, 5.74) is 0.846. The molecule has 0 aromatic carbocycles. The summed E-state index contributed by atoms with van der Waals surface area (Å²) in [4.78, 5) is 13.3. The van der Waals surface area contributed by atoms with Crippen molar-refractivity contribution < 1.29 is 0 Å². The molecule has 1 aliphatic rings. The molecule has 0 aliphatic carbocycles. The summed E-state index contributed by atoms with van der Waals surface area (Å²) in [6, 6.07) is 0.690. The first-order valence-electron chi connectivity index (χ1n) is 5.99. The third-order valence-corrected chi connectivity index (χ3v) is 3.60. The van der Waals surface area contributed by atoms with Gasteiger partial charge in [0, 0.05) is 25.3 Å². The van der Waals surface area contributed by atoms with Crippen molar-refractivity contribution in [1.82, 2.24) is 14.9 Å². The van der Waals surface area contributed by atoms with Crippen LogP contribution in [-0.4, -0.2) is 48.1 Å². The summed E-state index contributed by atoms with van der Waals surface area (Å²) >= 11 is 5.77. The highest BCUT2D eigenvalue weighted by atomic mass is 35.5. The maximum atomic E-state index is 5.77. The van der Waals surface area contributed by atoms with Gasteiger partial charge >= 0.3 is 0 Å². The van der Waals surface area contributed by atoms with Crippen LogP contribution >= 0.6 is 11.6 Å². The first-order chi connectivity index (χ1) is 8.20. The maximum absolute atomic E-state index is 5.77. The van der Waals surface area contributed by atoms with E-state index in [2.05, 4.69) is 33.9 Å². The van der Waals surface area contributed by atoms with Crippen LogP contribution in [0.5, 0.6) is 0 Å². The molecule has 0 saturated carbocycles. The Bertz CT molecular complexity index is 361. The highest BCUT2D eigenvalue weighted by Crippen LogP contribution is 2.19. The summed E-state index contributed by atoms with van der Waals surface area (Å²) < 4.78 is 0. The second-order valence-electron chi connectivity index (χ2n) is 4.68. The van der Waals surface area contributed by atoms with E-state index in [1.165, 1.54) is 12.8 Å². The molecule has 1 aromatic rings. The van der Waals surface area contributed by atoms with Crippen molar-refractivity contribution in [2.24, 2.45) is 0 Å². The number of hydrogen-bond donors (Lipinski definition) is 0. The second-order valence-corrected chi connectivity index (χ2v) is 4.95. The van der Waals surface area contributed by atoms with Gasteiger partial charge in [-0.2, -0.15) is 0 Å². The molecule has 2 rings (SSSR count). The first-order valence-corrected chi connectivity index (χ1v) is 6.52. The van der Waals surface area contributed by atoms with Crippen molar-refractivity contribution in [2.45, 2.75) is 24.8 Å². The number of alkyl halides is 1. The van der Waals surface area contributed by atoms with Gasteiger partial charge in [0.1, 0.15) is 5.82 Å². The molecule has 0 unspecified atom stereocenters. The monoisotopic (exact) mass is 254 g/mol. The van der Waals surface area contributed by atoms with Gasteiger partial charge in [0.05, 0.1) is 17.8 Å². The van der Waals surface area contributed by atoms with Gasteiger partial charge in [-0.25, -0.2) is 4.98 Å². The fourth-order valence-electron chi connectivity index (χ4n) is 2.22. The van der Waals surface area contributed by atoms with E-state index in [1.807, 2.05) is 6.20 Å². The molecule has 1 saturated heterocycles. The first kappa shape index (κ1) is 12.6. The van der Waals surface area contributed by atoms with Crippen molar-refractivity contribution in [3.63, 3.8) is 0 Å². The molecule has 1 fully saturated rings. The second kappa shape index (κ2) is 5.65. The summed E-state index contributed by atoms with van der Waals surface area (Å²) in [6.07, 6.45) is 5.91. The van der Waals surface area contributed by atoms with Gasteiger partial charge in [-0.3, -0.25) is 4.98 Å². The zero-order valence-corrected chi connectivity index (χ0v) is 11.2. The number of aromatic nitrogens is 2. The van der Waals surface area contributed by atoms with Crippen LogP contribution in [0.3, 0.4) is 0 Å². The molecule has 1 aliphatic heterocycles. The molecule has 0 N–H and O–H groups in total. The Morgan fingerprint density at radius 1 is 1.35 bits per heavy atom. The van der Waals surface area contributed by atoms with Crippen LogP contribution < -0.4 is 4.90 Å². The molecule has 0 amide bonds. The molecule has 0 atom stereocenters. The van der Waals surface area contributed by atoms with Gasteiger partial charge in [-0.1, -0.05) is 0 Å². The van der Waals surface area contributed by atoms with Crippen molar-refractivity contribution in [2.75, 3.05) is 32.1 Å². The smallest absolute Gasteiger partial charge is 0.147 e.